The highest BCUT2D eigenvalue weighted by molar-refractivity contribution is 7.91. The third-order valence-electron chi connectivity index (χ3n) is 3.75. The van der Waals surface area contributed by atoms with E-state index in [0.717, 1.165) is 6.54 Å². The molecule has 0 amide bonds. The summed E-state index contributed by atoms with van der Waals surface area (Å²) >= 11 is 1.74. The number of benzene rings is 1. The molecule has 1 aliphatic rings. The first-order valence-corrected chi connectivity index (χ1v) is 9.72. The average molecular weight is 321 g/mol. The second-order valence-corrected chi connectivity index (χ2v) is 8.55. The van der Waals surface area contributed by atoms with Crippen LogP contribution in [0.5, 0.6) is 0 Å². The van der Waals surface area contributed by atoms with Crippen molar-refractivity contribution in [3.63, 3.8) is 0 Å². The zero-order chi connectivity index (χ0) is 14.7. The molecule has 0 N–H and O–H groups in total. The summed E-state index contributed by atoms with van der Waals surface area (Å²) in [5, 5.41) is 2.07. The molecule has 21 heavy (non-hydrogen) atoms. The lowest BCUT2D eigenvalue weighted by molar-refractivity contribution is 0.272. The number of rotatable bonds is 7. The van der Waals surface area contributed by atoms with Crippen LogP contribution in [0.1, 0.15) is 17.7 Å². The van der Waals surface area contributed by atoms with E-state index in [1.807, 2.05) is 12.1 Å². The molecule has 2 aromatic rings. The zero-order valence-electron chi connectivity index (χ0n) is 11.8. The number of hydrogen-bond acceptors (Lipinski definition) is 4. The molecular weight excluding hydrogens is 302 g/mol. The molecular formula is C16H19NO2S2. The van der Waals surface area contributed by atoms with Crippen LogP contribution < -0.4 is 0 Å². The van der Waals surface area contributed by atoms with Gasteiger partial charge in [0.15, 0.2) is 9.84 Å². The Hall–Kier alpha value is -1.17. The van der Waals surface area contributed by atoms with Crippen LogP contribution in [0.3, 0.4) is 0 Å². The molecule has 0 aliphatic heterocycles. The van der Waals surface area contributed by atoms with Crippen molar-refractivity contribution in [2.45, 2.75) is 30.3 Å². The maximum Gasteiger partial charge on any atom is 0.179 e. The molecule has 0 unspecified atom stereocenters. The molecule has 0 atom stereocenters. The minimum Gasteiger partial charge on any atom is -0.294 e. The van der Waals surface area contributed by atoms with Gasteiger partial charge in [-0.2, -0.15) is 0 Å². The molecule has 1 aromatic carbocycles. The van der Waals surface area contributed by atoms with Crippen LogP contribution in [0.15, 0.2) is 52.7 Å². The van der Waals surface area contributed by atoms with E-state index in [-0.39, 0.29) is 5.75 Å². The highest BCUT2D eigenvalue weighted by atomic mass is 32.2. The van der Waals surface area contributed by atoms with Gasteiger partial charge in [-0.25, -0.2) is 8.42 Å². The third-order valence-corrected chi connectivity index (χ3v) is 6.32. The first-order valence-electron chi connectivity index (χ1n) is 7.19. The maximum atomic E-state index is 12.4. The van der Waals surface area contributed by atoms with Crippen molar-refractivity contribution in [1.82, 2.24) is 4.90 Å². The summed E-state index contributed by atoms with van der Waals surface area (Å²) in [4.78, 5) is 4.04. The first-order chi connectivity index (χ1) is 10.1. The average Bonchev–Trinajstić information content (AvgIpc) is 3.22. The summed E-state index contributed by atoms with van der Waals surface area (Å²) in [6, 6.07) is 13.5. The molecule has 1 fully saturated rings. The SMILES string of the molecule is O=S(=O)(CCN(Cc1cccs1)C1CC1)c1ccccc1. The summed E-state index contributed by atoms with van der Waals surface area (Å²) in [5.74, 6) is 0.193. The molecule has 1 aliphatic carbocycles. The predicted molar refractivity (Wildman–Crippen MR) is 86.2 cm³/mol. The molecule has 3 nitrogen and oxygen atoms in total. The molecule has 1 heterocycles. The van der Waals surface area contributed by atoms with Crippen molar-refractivity contribution in [3.8, 4) is 0 Å². The minimum atomic E-state index is -3.18. The normalized spacial score (nSPS) is 15.5. The Labute approximate surface area is 130 Å². The number of nitrogens with zero attached hydrogens (tertiary/aromatic N) is 1. The fraction of sp³-hybridized carbons (Fsp3) is 0.375. The van der Waals surface area contributed by atoms with Crippen LogP contribution in [-0.4, -0.2) is 31.7 Å². The van der Waals surface area contributed by atoms with Gasteiger partial charge in [-0.05, 0) is 36.4 Å². The molecule has 1 aromatic heterocycles. The monoisotopic (exact) mass is 321 g/mol. The Kier molecular flexibility index (Phi) is 4.42. The smallest absolute Gasteiger partial charge is 0.179 e. The van der Waals surface area contributed by atoms with Crippen molar-refractivity contribution in [2.75, 3.05) is 12.3 Å². The van der Waals surface area contributed by atoms with Gasteiger partial charge in [0.2, 0.25) is 0 Å². The molecule has 0 bridgehead atoms. The van der Waals surface area contributed by atoms with E-state index in [1.54, 1.807) is 35.6 Å². The summed E-state index contributed by atoms with van der Waals surface area (Å²) < 4.78 is 24.7. The number of thiophene rings is 1. The fourth-order valence-electron chi connectivity index (χ4n) is 2.42. The lowest BCUT2D eigenvalue weighted by Gasteiger charge is -2.21. The molecule has 5 heteroatoms. The van der Waals surface area contributed by atoms with Crippen LogP contribution in [0, 0.1) is 0 Å². The van der Waals surface area contributed by atoms with Crippen LogP contribution in [-0.2, 0) is 16.4 Å². The van der Waals surface area contributed by atoms with Crippen molar-refractivity contribution >= 4 is 21.2 Å². The lowest BCUT2D eigenvalue weighted by atomic mass is 10.4. The molecule has 1 saturated carbocycles. The van der Waals surface area contributed by atoms with E-state index in [1.165, 1.54) is 17.7 Å². The summed E-state index contributed by atoms with van der Waals surface area (Å²) in [7, 11) is -3.18. The second kappa shape index (κ2) is 6.30. The van der Waals surface area contributed by atoms with E-state index in [2.05, 4.69) is 16.3 Å². The van der Waals surface area contributed by atoms with Crippen LogP contribution in [0.25, 0.3) is 0 Å². The Morgan fingerprint density at radius 3 is 2.48 bits per heavy atom. The summed E-state index contributed by atoms with van der Waals surface area (Å²) in [6.45, 7) is 1.48. The topological polar surface area (TPSA) is 37.4 Å². The Morgan fingerprint density at radius 2 is 1.86 bits per heavy atom. The third kappa shape index (κ3) is 3.93. The van der Waals surface area contributed by atoms with E-state index in [9.17, 15) is 8.42 Å². The Morgan fingerprint density at radius 1 is 1.10 bits per heavy atom. The standard InChI is InChI=1S/C16H19NO2S2/c18-21(19,16-6-2-1-3-7-16)12-10-17(14-8-9-14)13-15-5-4-11-20-15/h1-7,11,14H,8-10,12-13H2. The van der Waals surface area contributed by atoms with E-state index in [4.69, 9.17) is 0 Å². The van der Waals surface area contributed by atoms with Crippen LogP contribution in [0.2, 0.25) is 0 Å². The number of hydrogen-bond donors (Lipinski definition) is 0. The molecule has 3 rings (SSSR count). The minimum absolute atomic E-state index is 0.193. The van der Waals surface area contributed by atoms with Crippen LogP contribution in [0.4, 0.5) is 0 Å². The van der Waals surface area contributed by atoms with Gasteiger partial charge >= 0.3 is 0 Å². The lowest BCUT2D eigenvalue weighted by Crippen LogP contribution is -2.30. The molecule has 0 spiro atoms. The van der Waals surface area contributed by atoms with E-state index >= 15 is 0 Å². The van der Waals surface area contributed by atoms with Crippen LogP contribution >= 0.6 is 11.3 Å². The highest BCUT2D eigenvalue weighted by Gasteiger charge is 2.30. The summed E-state index contributed by atoms with van der Waals surface area (Å²) in [6.07, 6.45) is 2.38. The number of sulfone groups is 1. The van der Waals surface area contributed by atoms with E-state index in [0.29, 0.717) is 17.5 Å². The van der Waals surface area contributed by atoms with Gasteiger partial charge in [-0.15, -0.1) is 11.3 Å². The molecule has 0 radical (unpaired) electrons. The second-order valence-electron chi connectivity index (χ2n) is 5.41. The van der Waals surface area contributed by atoms with Crippen molar-refractivity contribution in [2.24, 2.45) is 0 Å². The predicted octanol–water partition coefficient (Wildman–Crippen LogP) is 3.19. The fourth-order valence-corrected chi connectivity index (χ4v) is 4.43. The van der Waals surface area contributed by atoms with Gasteiger partial charge in [0.05, 0.1) is 10.6 Å². The van der Waals surface area contributed by atoms with Crippen molar-refractivity contribution in [3.05, 3.63) is 52.7 Å². The largest absolute Gasteiger partial charge is 0.294 e. The summed E-state index contributed by atoms with van der Waals surface area (Å²) in [5.41, 5.74) is 0. The Balaban J connectivity index is 1.64. The van der Waals surface area contributed by atoms with Gasteiger partial charge in [-0.3, -0.25) is 4.90 Å². The first kappa shape index (κ1) is 14.8. The van der Waals surface area contributed by atoms with Gasteiger partial charge in [0.1, 0.15) is 0 Å². The maximum absolute atomic E-state index is 12.4. The Bertz CT molecular complexity index is 662. The molecule has 112 valence electrons. The van der Waals surface area contributed by atoms with E-state index < -0.39 is 9.84 Å². The van der Waals surface area contributed by atoms with Gasteiger partial charge in [0.25, 0.3) is 0 Å². The van der Waals surface area contributed by atoms with Crippen molar-refractivity contribution < 1.29 is 8.42 Å². The van der Waals surface area contributed by atoms with Gasteiger partial charge in [0, 0.05) is 24.0 Å². The molecule has 0 saturated heterocycles. The highest BCUT2D eigenvalue weighted by Crippen LogP contribution is 2.29. The van der Waals surface area contributed by atoms with Gasteiger partial charge in [-0.1, -0.05) is 24.3 Å². The van der Waals surface area contributed by atoms with Gasteiger partial charge < -0.3 is 0 Å². The quantitative estimate of drug-likeness (QED) is 0.786. The van der Waals surface area contributed by atoms with Crippen molar-refractivity contribution in [1.29, 1.82) is 0 Å². The zero-order valence-corrected chi connectivity index (χ0v) is 13.4.